The summed E-state index contributed by atoms with van der Waals surface area (Å²) in [4.78, 5) is 26.2. The van der Waals surface area contributed by atoms with E-state index in [0.29, 0.717) is 11.4 Å². The Bertz CT molecular complexity index is 929. The number of hydrogen-bond donors (Lipinski definition) is 2. The van der Waals surface area contributed by atoms with Crippen molar-refractivity contribution in [2.75, 3.05) is 0 Å². The third-order valence-electron chi connectivity index (χ3n) is 2.98. The lowest BCUT2D eigenvalue weighted by Gasteiger charge is -1.97. The molecule has 0 aliphatic heterocycles. The number of aromatic nitrogens is 3. The number of non-ortho nitro benzene ring substituents is 1. The molecule has 0 bridgehead atoms. The number of hydrogen-bond acceptors (Lipinski definition) is 6. The van der Waals surface area contributed by atoms with E-state index in [4.69, 9.17) is 0 Å². The van der Waals surface area contributed by atoms with E-state index in [1.165, 1.54) is 18.2 Å². The summed E-state index contributed by atoms with van der Waals surface area (Å²) in [6, 6.07) is 10.9. The van der Waals surface area contributed by atoms with E-state index in [2.05, 4.69) is 25.4 Å². The Morgan fingerprint density at radius 2 is 1.96 bits per heavy atom. The molecule has 0 spiro atoms. The number of nitrogens with one attached hydrogen (secondary N) is 2. The Labute approximate surface area is 128 Å². The third kappa shape index (κ3) is 3.02. The molecule has 9 heteroatoms. The fourth-order valence-electron chi connectivity index (χ4n) is 1.92. The summed E-state index contributed by atoms with van der Waals surface area (Å²) in [5, 5.41) is 23.6. The van der Waals surface area contributed by atoms with E-state index >= 15 is 0 Å². The van der Waals surface area contributed by atoms with Crippen LogP contribution in [-0.2, 0) is 0 Å². The SMILES string of the molecule is O=c1[nH][nH]c(-c2ccccn2)c1N=Nc1cccc([N+](=O)[O-])c1. The van der Waals surface area contributed by atoms with Crippen molar-refractivity contribution in [1.29, 1.82) is 0 Å². The van der Waals surface area contributed by atoms with Crippen molar-refractivity contribution in [3.63, 3.8) is 0 Å². The largest absolute Gasteiger partial charge is 0.294 e. The van der Waals surface area contributed by atoms with Gasteiger partial charge in [-0.1, -0.05) is 12.1 Å². The quantitative estimate of drug-likeness (QED) is 0.435. The molecule has 0 saturated carbocycles. The Hall–Kier alpha value is -3.62. The average molecular weight is 310 g/mol. The van der Waals surface area contributed by atoms with Crippen molar-refractivity contribution in [3.8, 4) is 11.4 Å². The molecule has 3 aromatic rings. The van der Waals surface area contributed by atoms with E-state index < -0.39 is 10.5 Å². The van der Waals surface area contributed by atoms with Gasteiger partial charge in [-0.2, -0.15) is 5.11 Å². The van der Waals surface area contributed by atoms with Gasteiger partial charge in [-0.25, -0.2) is 0 Å². The molecular formula is C14H10N6O3. The first kappa shape index (κ1) is 14.3. The van der Waals surface area contributed by atoms with Gasteiger partial charge >= 0.3 is 0 Å². The minimum Gasteiger partial charge on any atom is -0.294 e. The summed E-state index contributed by atoms with van der Waals surface area (Å²) in [5.41, 5.74) is 0.680. The van der Waals surface area contributed by atoms with Gasteiger partial charge in [0.05, 0.1) is 16.3 Å². The van der Waals surface area contributed by atoms with Crippen LogP contribution in [0.15, 0.2) is 63.7 Å². The number of rotatable bonds is 4. The summed E-state index contributed by atoms with van der Waals surface area (Å²) < 4.78 is 0. The highest BCUT2D eigenvalue weighted by atomic mass is 16.6. The van der Waals surface area contributed by atoms with Crippen LogP contribution in [0.3, 0.4) is 0 Å². The zero-order chi connectivity index (χ0) is 16.2. The molecule has 0 radical (unpaired) electrons. The molecule has 9 nitrogen and oxygen atoms in total. The van der Waals surface area contributed by atoms with Gasteiger partial charge in [0, 0.05) is 18.3 Å². The maximum absolute atomic E-state index is 11.8. The molecular weight excluding hydrogens is 300 g/mol. The molecule has 114 valence electrons. The number of pyridine rings is 1. The Balaban J connectivity index is 1.98. The van der Waals surface area contributed by atoms with Crippen molar-refractivity contribution in [3.05, 3.63) is 69.1 Å². The summed E-state index contributed by atoms with van der Waals surface area (Å²) in [6.45, 7) is 0. The van der Waals surface area contributed by atoms with E-state index in [1.54, 1.807) is 30.5 Å². The number of benzene rings is 1. The molecule has 2 heterocycles. The lowest BCUT2D eigenvalue weighted by Crippen LogP contribution is -1.96. The first-order valence-corrected chi connectivity index (χ1v) is 6.53. The fourth-order valence-corrected chi connectivity index (χ4v) is 1.92. The fraction of sp³-hybridized carbons (Fsp3) is 0. The minimum atomic E-state index is -0.526. The number of H-pyrrole nitrogens is 2. The van der Waals surface area contributed by atoms with E-state index in [9.17, 15) is 14.9 Å². The zero-order valence-corrected chi connectivity index (χ0v) is 11.6. The summed E-state index contributed by atoms with van der Waals surface area (Å²) in [7, 11) is 0. The van der Waals surface area contributed by atoms with Gasteiger partial charge in [0.1, 0.15) is 5.69 Å². The van der Waals surface area contributed by atoms with Crippen LogP contribution in [0.2, 0.25) is 0 Å². The number of azo groups is 1. The number of nitrogens with zero attached hydrogens (tertiary/aromatic N) is 4. The van der Waals surface area contributed by atoms with Gasteiger partial charge in [0.15, 0.2) is 5.69 Å². The highest BCUT2D eigenvalue weighted by Crippen LogP contribution is 2.26. The molecule has 0 fully saturated rings. The predicted molar refractivity (Wildman–Crippen MR) is 81.9 cm³/mol. The van der Waals surface area contributed by atoms with Gasteiger partial charge in [0.2, 0.25) is 0 Å². The van der Waals surface area contributed by atoms with Crippen molar-refractivity contribution >= 4 is 17.1 Å². The van der Waals surface area contributed by atoms with Crippen molar-refractivity contribution in [1.82, 2.24) is 15.2 Å². The van der Waals surface area contributed by atoms with E-state index in [1.807, 2.05) is 0 Å². The van der Waals surface area contributed by atoms with Crippen molar-refractivity contribution in [2.45, 2.75) is 0 Å². The molecule has 2 N–H and O–H groups in total. The third-order valence-corrected chi connectivity index (χ3v) is 2.98. The van der Waals surface area contributed by atoms with Gasteiger partial charge in [-0.3, -0.25) is 30.1 Å². The van der Waals surface area contributed by atoms with Gasteiger partial charge in [-0.05, 0) is 18.2 Å². The lowest BCUT2D eigenvalue weighted by atomic mass is 10.2. The molecule has 0 aliphatic rings. The molecule has 1 aromatic carbocycles. The van der Waals surface area contributed by atoms with Crippen LogP contribution in [0.5, 0.6) is 0 Å². The van der Waals surface area contributed by atoms with Gasteiger partial charge in [0.25, 0.3) is 11.2 Å². The van der Waals surface area contributed by atoms with E-state index in [0.717, 1.165) is 0 Å². The summed E-state index contributed by atoms with van der Waals surface area (Å²) >= 11 is 0. The highest BCUT2D eigenvalue weighted by molar-refractivity contribution is 5.67. The number of nitro groups is 1. The molecule has 3 rings (SSSR count). The maximum atomic E-state index is 11.8. The van der Waals surface area contributed by atoms with Crippen LogP contribution >= 0.6 is 0 Å². The monoisotopic (exact) mass is 310 g/mol. The molecule has 0 unspecified atom stereocenters. The second-order valence-corrected chi connectivity index (χ2v) is 4.49. The lowest BCUT2D eigenvalue weighted by molar-refractivity contribution is -0.384. The first-order valence-electron chi connectivity index (χ1n) is 6.53. The molecule has 0 aliphatic carbocycles. The molecule has 0 saturated heterocycles. The zero-order valence-electron chi connectivity index (χ0n) is 11.6. The summed E-state index contributed by atoms with van der Waals surface area (Å²) in [6.07, 6.45) is 1.59. The predicted octanol–water partition coefficient (Wildman–Crippen LogP) is 3.09. The van der Waals surface area contributed by atoms with Gasteiger partial charge < -0.3 is 0 Å². The Kier molecular flexibility index (Phi) is 3.75. The maximum Gasteiger partial charge on any atom is 0.292 e. The van der Waals surface area contributed by atoms with Gasteiger partial charge in [-0.15, -0.1) is 5.11 Å². The minimum absolute atomic E-state index is 0.0511. The van der Waals surface area contributed by atoms with E-state index in [-0.39, 0.29) is 17.1 Å². The second-order valence-electron chi connectivity index (χ2n) is 4.49. The van der Waals surface area contributed by atoms with Crippen LogP contribution in [0.1, 0.15) is 0 Å². The molecule has 0 atom stereocenters. The second kappa shape index (κ2) is 6.02. The van der Waals surface area contributed by atoms with Crippen molar-refractivity contribution in [2.24, 2.45) is 10.2 Å². The Morgan fingerprint density at radius 3 is 2.70 bits per heavy atom. The standard InChI is InChI=1S/C14H10N6O3/c21-14-13(12(17-19-14)11-6-1-2-7-15-11)18-16-9-4-3-5-10(8-9)20(22)23/h1-8H,(H2,17,19,21). The topological polar surface area (TPSA) is 129 Å². The number of nitro benzene ring substituents is 1. The number of aromatic amines is 2. The van der Waals surface area contributed by atoms with Crippen LogP contribution in [0.25, 0.3) is 11.4 Å². The summed E-state index contributed by atoms with van der Waals surface area (Å²) in [5.74, 6) is 0. The molecule has 23 heavy (non-hydrogen) atoms. The Morgan fingerprint density at radius 1 is 1.09 bits per heavy atom. The normalized spacial score (nSPS) is 11.0. The average Bonchev–Trinajstić information content (AvgIpc) is 2.95. The van der Waals surface area contributed by atoms with Crippen LogP contribution in [-0.4, -0.2) is 20.1 Å². The van der Waals surface area contributed by atoms with Crippen LogP contribution < -0.4 is 5.56 Å². The van der Waals surface area contributed by atoms with Crippen molar-refractivity contribution < 1.29 is 4.92 Å². The molecule has 2 aromatic heterocycles. The van der Waals surface area contributed by atoms with Crippen LogP contribution in [0.4, 0.5) is 17.1 Å². The smallest absolute Gasteiger partial charge is 0.292 e. The first-order chi connectivity index (χ1) is 11.1. The highest BCUT2D eigenvalue weighted by Gasteiger charge is 2.12. The molecule has 0 amide bonds. The van der Waals surface area contributed by atoms with Crippen LogP contribution in [0, 0.1) is 10.1 Å².